The SMILES string of the molecule is CNC(C)C1CC=C(C(=O)O)C=C1F. The molecule has 0 spiro atoms. The molecule has 2 atom stereocenters. The first-order chi connectivity index (χ1) is 6.56. The molecule has 3 nitrogen and oxygen atoms in total. The predicted octanol–water partition coefficient (Wildman–Crippen LogP) is 1.48. The van der Waals surface area contributed by atoms with E-state index in [1.807, 2.05) is 6.92 Å². The molecule has 1 rings (SSSR count). The standard InChI is InChI=1S/C10H14FNO2/c1-6(12-2)8-4-3-7(10(13)14)5-9(8)11/h3,5-6,8,12H,4H2,1-2H3,(H,13,14). The van der Waals surface area contributed by atoms with E-state index in [2.05, 4.69) is 5.32 Å². The molecule has 0 saturated carbocycles. The second-order valence-electron chi connectivity index (χ2n) is 3.41. The number of halogens is 1. The minimum absolute atomic E-state index is 0.0119. The van der Waals surface area contributed by atoms with Gasteiger partial charge in [0, 0.05) is 12.0 Å². The van der Waals surface area contributed by atoms with Crippen LogP contribution in [0.15, 0.2) is 23.6 Å². The Balaban J connectivity index is 2.77. The lowest BCUT2D eigenvalue weighted by Crippen LogP contribution is -2.31. The lowest BCUT2D eigenvalue weighted by atomic mass is 9.90. The Morgan fingerprint density at radius 1 is 1.79 bits per heavy atom. The maximum atomic E-state index is 13.4. The van der Waals surface area contributed by atoms with Crippen LogP contribution in [0.2, 0.25) is 0 Å². The Morgan fingerprint density at radius 2 is 2.43 bits per heavy atom. The van der Waals surface area contributed by atoms with E-state index in [1.165, 1.54) is 0 Å². The van der Waals surface area contributed by atoms with Gasteiger partial charge in [-0.2, -0.15) is 0 Å². The molecule has 0 aromatic rings. The van der Waals surface area contributed by atoms with Gasteiger partial charge >= 0.3 is 5.97 Å². The first-order valence-corrected chi connectivity index (χ1v) is 4.54. The third-order valence-corrected chi connectivity index (χ3v) is 2.55. The molecule has 0 heterocycles. The van der Waals surface area contributed by atoms with E-state index >= 15 is 0 Å². The zero-order valence-corrected chi connectivity index (χ0v) is 8.25. The number of rotatable bonds is 3. The van der Waals surface area contributed by atoms with Gasteiger partial charge in [-0.05, 0) is 26.5 Å². The van der Waals surface area contributed by atoms with Crippen molar-refractivity contribution >= 4 is 5.97 Å². The van der Waals surface area contributed by atoms with Crippen LogP contribution in [0.3, 0.4) is 0 Å². The average molecular weight is 199 g/mol. The number of hydrogen-bond acceptors (Lipinski definition) is 2. The van der Waals surface area contributed by atoms with Crippen LogP contribution in [0.1, 0.15) is 13.3 Å². The maximum Gasteiger partial charge on any atom is 0.335 e. The van der Waals surface area contributed by atoms with Gasteiger partial charge in [-0.25, -0.2) is 9.18 Å². The van der Waals surface area contributed by atoms with Gasteiger partial charge in [0.1, 0.15) is 5.83 Å². The number of hydrogen-bond donors (Lipinski definition) is 2. The van der Waals surface area contributed by atoms with Crippen LogP contribution in [0.25, 0.3) is 0 Å². The lowest BCUT2D eigenvalue weighted by Gasteiger charge is -2.23. The van der Waals surface area contributed by atoms with Gasteiger partial charge in [-0.1, -0.05) is 6.08 Å². The molecule has 2 N–H and O–H groups in total. The summed E-state index contributed by atoms with van der Waals surface area (Å²) in [6.07, 6.45) is 3.10. The van der Waals surface area contributed by atoms with Gasteiger partial charge in [0.2, 0.25) is 0 Å². The van der Waals surface area contributed by atoms with Crippen molar-refractivity contribution in [2.45, 2.75) is 19.4 Å². The molecule has 1 aliphatic rings. The van der Waals surface area contributed by atoms with Crippen LogP contribution >= 0.6 is 0 Å². The van der Waals surface area contributed by atoms with Crippen LogP contribution in [0.4, 0.5) is 4.39 Å². The molecule has 0 aromatic carbocycles. The van der Waals surface area contributed by atoms with Crippen LogP contribution in [0, 0.1) is 5.92 Å². The highest BCUT2D eigenvalue weighted by atomic mass is 19.1. The highest BCUT2D eigenvalue weighted by Gasteiger charge is 2.24. The molecule has 0 radical (unpaired) electrons. The number of carboxylic acids is 1. The molecule has 0 saturated heterocycles. The van der Waals surface area contributed by atoms with Crippen molar-refractivity contribution in [2.24, 2.45) is 5.92 Å². The molecular weight excluding hydrogens is 185 g/mol. The van der Waals surface area contributed by atoms with E-state index in [1.54, 1.807) is 13.1 Å². The van der Waals surface area contributed by atoms with Crippen molar-refractivity contribution in [3.8, 4) is 0 Å². The normalized spacial score (nSPS) is 23.8. The molecule has 0 amide bonds. The van der Waals surface area contributed by atoms with E-state index in [-0.39, 0.29) is 23.4 Å². The number of nitrogens with one attached hydrogen (secondary N) is 1. The Hall–Kier alpha value is -1.16. The van der Waals surface area contributed by atoms with Crippen molar-refractivity contribution in [1.29, 1.82) is 0 Å². The van der Waals surface area contributed by atoms with Gasteiger partial charge in [0.05, 0.1) is 5.57 Å². The molecule has 2 unspecified atom stereocenters. The average Bonchev–Trinajstić information content (AvgIpc) is 2.16. The molecule has 14 heavy (non-hydrogen) atoms. The third-order valence-electron chi connectivity index (χ3n) is 2.55. The quantitative estimate of drug-likeness (QED) is 0.723. The lowest BCUT2D eigenvalue weighted by molar-refractivity contribution is -0.132. The van der Waals surface area contributed by atoms with Crippen molar-refractivity contribution in [3.63, 3.8) is 0 Å². The zero-order chi connectivity index (χ0) is 10.7. The van der Waals surface area contributed by atoms with Crippen LogP contribution in [0.5, 0.6) is 0 Å². The Labute approximate surface area is 82.3 Å². The highest BCUT2D eigenvalue weighted by molar-refractivity contribution is 5.90. The third kappa shape index (κ3) is 2.20. The summed E-state index contributed by atoms with van der Waals surface area (Å²) in [7, 11) is 1.76. The largest absolute Gasteiger partial charge is 0.478 e. The maximum absolute atomic E-state index is 13.4. The monoisotopic (exact) mass is 199 g/mol. The number of aliphatic carboxylic acids is 1. The minimum Gasteiger partial charge on any atom is -0.478 e. The number of carbonyl (C=O) groups is 1. The highest BCUT2D eigenvalue weighted by Crippen LogP contribution is 2.27. The van der Waals surface area contributed by atoms with E-state index < -0.39 is 5.97 Å². The van der Waals surface area contributed by atoms with Gasteiger partial charge in [0.25, 0.3) is 0 Å². The Kier molecular flexibility index (Phi) is 3.41. The predicted molar refractivity (Wildman–Crippen MR) is 51.5 cm³/mol. The molecule has 78 valence electrons. The van der Waals surface area contributed by atoms with E-state index in [4.69, 9.17) is 5.11 Å². The Morgan fingerprint density at radius 3 is 2.86 bits per heavy atom. The van der Waals surface area contributed by atoms with E-state index in [0.717, 1.165) is 6.08 Å². The van der Waals surface area contributed by atoms with Crippen molar-refractivity contribution < 1.29 is 14.3 Å². The fraction of sp³-hybridized carbons (Fsp3) is 0.500. The fourth-order valence-corrected chi connectivity index (χ4v) is 1.47. The van der Waals surface area contributed by atoms with Crippen LogP contribution < -0.4 is 5.32 Å². The van der Waals surface area contributed by atoms with Gasteiger partial charge in [-0.3, -0.25) is 0 Å². The zero-order valence-electron chi connectivity index (χ0n) is 8.25. The summed E-state index contributed by atoms with van der Waals surface area (Å²) < 4.78 is 13.4. The van der Waals surface area contributed by atoms with E-state index in [9.17, 15) is 9.18 Å². The van der Waals surface area contributed by atoms with Crippen molar-refractivity contribution in [2.75, 3.05) is 7.05 Å². The van der Waals surface area contributed by atoms with Crippen molar-refractivity contribution in [3.05, 3.63) is 23.6 Å². The fourth-order valence-electron chi connectivity index (χ4n) is 1.47. The molecule has 0 bridgehead atoms. The summed E-state index contributed by atoms with van der Waals surface area (Å²) in [6.45, 7) is 1.87. The first-order valence-electron chi connectivity index (χ1n) is 4.54. The summed E-state index contributed by atoms with van der Waals surface area (Å²) in [4.78, 5) is 10.6. The van der Waals surface area contributed by atoms with E-state index in [0.29, 0.717) is 6.42 Å². The summed E-state index contributed by atoms with van der Waals surface area (Å²) in [6, 6.07) is 0.0119. The summed E-state index contributed by atoms with van der Waals surface area (Å²) in [5, 5.41) is 11.6. The molecule has 4 heteroatoms. The summed E-state index contributed by atoms with van der Waals surface area (Å²) in [5.74, 6) is -1.68. The van der Waals surface area contributed by atoms with Gasteiger partial charge < -0.3 is 10.4 Å². The molecule has 0 fully saturated rings. The molecule has 0 aliphatic heterocycles. The topological polar surface area (TPSA) is 49.3 Å². The first kappa shape index (κ1) is 10.9. The minimum atomic E-state index is -1.07. The second kappa shape index (κ2) is 4.37. The Bertz CT molecular complexity index is 296. The summed E-state index contributed by atoms with van der Waals surface area (Å²) in [5.41, 5.74) is 0.0436. The van der Waals surface area contributed by atoms with Crippen LogP contribution in [-0.4, -0.2) is 24.2 Å². The van der Waals surface area contributed by atoms with Gasteiger partial charge in [-0.15, -0.1) is 0 Å². The van der Waals surface area contributed by atoms with Crippen LogP contribution in [-0.2, 0) is 4.79 Å². The molecule has 0 aromatic heterocycles. The number of carboxylic acid groups (broad SMARTS) is 1. The molecular formula is C10H14FNO2. The van der Waals surface area contributed by atoms with Crippen molar-refractivity contribution in [1.82, 2.24) is 5.32 Å². The number of allylic oxidation sites excluding steroid dienone is 1. The summed E-state index contributed by atoms with van der Waals surface area (Å²) >= 11 is 0. The molecule has 1 aliphatic carbocycles. The smallest absolute Gasteiger partial charge is 0.335 e. The van der Waals surface area contributed by atoms with Gasteiger partial charge in [0.15, 0.2) is 0 Å². The second-order valence-corrected chi connectivity index (χ2v) is 3.41.